The number of aliphatic carboxylic acids is 2. The fourth-order valence-electron chi connectivity index (χ4n) is 13.4. The molecule has 18 atom stereocenters. The van der Waals surface area contributed by atoms with E-state index in [1.807, 2.05) is 0 Å². The first kappa shape index (κ1) is 108. The van der Waals surface area contributed by atoms with Crippen molar-refractivity contribution < 1.29 is 126 Å². The van der Waals surface area contributed by atoms with E-state index in [-0.39, 0.29) is 55.7 Å². The van der Waals surface area contributed by atoms with Gasteiger partial charge < -0.3 is 133 Å². The Morgan fingerprint density at radius 3 is 1.49 bits per heavy atom. The number of fused-ring (bicyclic) bond motifs is 20. The highest BCUT2D eigenvalue weighted by molar-refractivity contribution is 8.77. The van der Waals surface area contributed by atoms with Gasteiger partial charge >= 0.3 is 11.9 Å². The smallest absolute Gasteiger partial charge is 0.326 e. The molecule has 19 amide bonds. The molecule has 1 unspecified atom stereocenters. The van der Waals surface area contributed by atoms with Crippen molar-refractivity contribution in [1.82, 2.24) is 90.0 Å². The fourth-order valence-corrected chi connectivity index (χ4v) is 20.4. The second-order valence-electron chi connectivity index (χ2n) is 31.9. The van der Waals surface area contributed by atoms with Crippen molar-refractivity contribution in [3.8, 4) is 11.5 Å². The summed E-state index contributed by atoms with van der Waals surface area (Å²) < 4.78 is 0. The molecule has 726 valence electrons. The van der Waals surface area contributed by atoms with Crippen LogP contribution < -0.4 is 102 Å². The average Bonchev–Trinajstić information content (AvgIpc) is 1.71. The van der Waals surface area contributed by atoms with Gasteiger partial charge in [0.05, 0.1) is 31.5 Å². The minimum absolute atomic E-state index is 0.0688. The monoisotopic (exact) mass is 1970 g/mol. The van der Waals surface area contributed by atoms with E-state index in [9.17, 15) is 83.1 Å². The molecular formula is C81H110N20O26S6. The lowest BCUT2D eigenvalue weighted by molar-refractivity contribution is -0.143. The number of rotatable bonds is 27. The molecule has 4 heterocycles. The predicted molar refractivity (Wildman–Crippen MR) is 488 cm³/mol. The van der Waals surface area contributed by atoms with Crippen LogP contribution in [0.5, 0.6) is 11.5 Å². The van der Waals surface area contributed by atoms with Crippen molar-refractivity contribution in [2.75, 3.05) is 47.6 Å². The maximum absolute atomic E-state index is 15.7. The summed E-state index contributed by atoms with van der Waals surface area (Å²) in [5.41, 5.74) is 17.8. The maximum atomic E-state index is 15.7. The molecule has 0 radical (unpaired) electrons. The van der Waals surface area contributed by atoms with Crippen molar-refractivity contribution in [3.63, 3.8) is 0 Å². The number of carboxylic acid groups (broad SMARTS) is 2. The van der Waals surface area contributed by atoms with Crippen molar-refractivity contribution in [2.45, 2.75) is 208 Å². The van der Waals surface area contributed by atoms with Crippen LogP contribution in [-0.2, 0) is 120 Å². The van der Waals surface area contributed by atoms with Gasteiger partial charge in [-0.05, 0) is 93.3 Å². The number of primary amides is 2. The van der Waals surface area contributed by atoms with Gasteiger partial charge in [0.2, 0.25) is 112 Å². The van der Waals surface area contributed by atoms with Crippen LogP contribution in [0.3, 0.4) is 0 Å². The summed E-state index contributed by atoms with van der Waals surface area (Å²) in [6.07, 6.45) is -6.49. The zero-order valence-corrected chi connectivity index (χ0v) is 77.5. The number of nitrogens with zero attached hydrogens (tertiary/aromatic N) is 1. The minimum Gasteiger partial charge on any atom is -0.508 e. The van der Waals surface area contributed by atoms with Crippen LogP contribution in [0.15, 0.2) is 78.9 Å². The summed E-state index contributed by atoms with van der Waals surface area (Å²) in [6, 6.07) is -12.1. The summed E-state index contributed by atoms with van der Waals surface area (Å²) in [7, 11) is 4.17. The summed E-state index contributed by atoms with van der Waals surface area (Å²) in [6.45, 7) is 5.56. The van der Waals surface area contributed by atoms with Gasteiger partial charge in [0.25, 0.3) is 0 Å². The van der Waals surface area contributed by atoms with E-state index in [2.05, 4.69) is 85.1 Å². The summed E-state index contributed by atoms with van der Waals surface area (Å²) in [5.74, 6) is -29.6. The Kier molecular flexibility index (Phi) is 43.2. The van der Waals surface area contributed by atoms with E-state index in [1.165, 1.54) is 55.5 Å². The number of aliphatic hydroxyl groups is 1. The number of carbonyl (C=O) groups excluding carboxylic acids is 19. The fraction of sp³-hybridized carbons (Fsp3) is 0.519. The van der Waals surface area contributed by atoms with Crippen molar-refractivity contribution >= 4 is 189 Å². The Labute approximate surface area is 785 Å². The molecule has 46 nitrogen and oxygen atoms in total. The zero-order valence-electron chi connectivity index (χ0n) is 72.6. The standard InChI is InChI=1S/C81H110N20O26S6/c1-37(2)24-48-69(114)96-57-35-130-128-31-53(73(118)94-52(81(126)127)27-43-15-19-45(104)20-16-43)88-62(107)30-85-65(110)38(3)86-72(117)54-32-129-131-33-55(74(119)89-47(68(113)90-48)21-22-63(108)109)98-77(122)58(36-133-132-34-56(99-76(57)121)75(120)93-51(29-61(84)106)80(125)101-23-9-12-59(101)78(123)87-39(4)66(111)95-54)97-71(116)49(26-42-13-17-44(103)18-14-42)91-70(115)50(25-41-10-7-6-8-11-41)92-79(124)64(40(5)102)100-67(112)46(82)28-60(83)105/h6-8,10-11,13-20,37-40,46-59,64,102-104H,9,12,21-36,82H2,1-5H3,(H2,83,105)(H2,84,106)(H,85,110)(H,86,117)(H,87,123)(H,88,107)(H,89,119)(H,90,113)(H,91,115)(H,92,124)(H,93,120)(H,94,118)(H,95,111)(H,96,114)(H,97,116)(H,98,122)(H,99,121)(H,100,112)(H,108,109)(H,126,127)/t38-,39-,40+,46?,47-,48-,49-,50-,51-,52-,53-,54-,55-,56-,57-,58-,59-,64-/m0/s1. The first-order valence-corrected chi connectivity index (χ1v) is 49.3. The van der Waals surface area contributed by atoms with E-state index in [0.29, 0.717) is 65.1 Å². The van der Waals surface area contributed by atoms with Crippen LogP contribution in [0.1, 0.15) is 96.3 Å². The van der Waals surface area contributed by atoms with Crippen LogP contribution in [0.2, 0.25) is 0 Å². The van der Waals surface area contributed by atoms with Crippen LogP contribution in [0.25, 0.3) is 0 Å². The number of phenolic OH excluding ortho intramolecular Hbond substituents is 2. The van der Waals surface area contributed by atoms with Gasteiger partial charge in [0.1, 0.15) is 108 Å². The molecule has 4 aliphatic heterocycles. The molecule has 133 heavy (non-hydrogen) atoms. The van der Waals surface area contributed by atoms with E-state index in [1.54, 1.807) is 44.2 Å². The molecule has 4 bridgehead atoms. The normalized spacial score (nSPS) is 24.4. The number of aliphatic hydroxyl groups excluding tert-OH is 1. The van der Waals surface area contributed by atoms with Crippen molar-refractivity contribution in [2.24, 2.45) is 23.1 Å². The number of aromatic hydroxyl groups is 2. The lowest BCUT2D eigenvalue weighted by Crippen LogP contribution is -2.62. The maximum Gasteiger partial charge on any atom is 0.326 e. The molecule has 7 rings (SSSR count). The second-order valence-corrected chi connectivity index (χ2v) is 39.5. The molecule has 3 aromatic carbocycles. The number of hydrogen-bond donors (Lipinski definition) is 24. The number of amides is 19. The molecular weight excluding hydrogens is 1860 g/mol. The molecule has 0 aliphatic carbocycles. The molecule has 52 heteroatoms. The Morgan fingerprint density at radius 2 is 0.947 bits per heavy atom. The Morgan fingerprint density at radius 1 is 0.481 bits per heavy atom. The largest absolute Gasteiger partial charge is 0.508 e. The van der Waals surface area contributed by atoms with Gasteiger partial charge in [-0.1, -0.05) is 133 Å². The predicted octanol–water partition coefficient (Wildman–Crippen LogP) is -6.82. The number of benzene rings is 3. The summed E-state index contributed by atoms with van der Waals surface area (Å²) >= 11 is 0. The van der Waals surface area contributed by atoms with Gasteiger partial charge in [0, 0.05) is 66.7 Å². The van der Waals surface area contributed by atoms with E-state index >= 15 is 43.2 Å². The van der Waals surface area contributed by atoms with Gasteiger partial charge in [-0.25, -0.2) is 4.79 Å². The number of hydrogen-bond acceptors (Lipinski definition) is 31. The lowest BCUT2D eigenvalue weighted by Gasteiger charge is -2.30. The number of nitrogens with two attached hydrogens (primary N) is 3. The van der Waals surface area contributed by atoms with E-state index < -0.39 is 312 Å². The van der Waals surface area contributed by atoms with Crippen LogP contribution >= 0.6 is 64.8 Å². The zero-order chi connectivity index (χ0) is 98.0. The average molecular weight is 1970 g/mol. The van der Waals surface area contributed by atoms with Crippen LogP contribution in [-0.4, -0.2) is 311 Å². The highest BCUT2D eigenvalue weighted by Gasteiger charge is 2.44. The van der Waals surface area contributed by atoms with Gasteiger partial charge in [-0.2, -0.15) is 0 Å². The highest BCUT2D eigenvalue weighted by atomic mass is 33.1. The summed E-state index contributed by atoms with van der Waals surface area (Å²) in [4.78, 5) is 303. The first-order chi connectivity index (χ1) is 62.9. The molecule has 4 aliphatic rings. The highest BCUT2D eigenvalue weighted by Crippen LogP contribution is 2.29. The van der Waals surface area contributed by atoms with E-state index in [0.717, 1.165) is 29.5 Å². The van der Waals surface area contributed by atoms with E-state index in [4.69, 9.17) is 17.2 Å². The first-order valence-electron chi connectivity index (χ1n) is 41.8. The van der Waals surface area contributed by atoms with Gasteiger partial charge in [-0.15, -0.1) is 0 Å². The second kappa shape index (κ2) is 53.1. The molecule has 3 aromatic rings. The van der Waals surface area contributed by atoms with Crippen LogP contribution in [0.4, 0.5) is 0 Å². The quantitative estimate of drug-likeness (QED) is 0.0249. The molecule has 4 fully saturated rings. The van der Waals surface area contributed by atoms with Crippen molar-refractivity contribution in [3.05, 3.63) is 95.6 Å². The Hall–Kier alpha value is -11.9. The topological polar surface area (TPSA) is 733 Å². The molecule has 27 N–H and O–H groups in total. The lowest BCUT2D eigenvalue weighted by atomic mass is 10.0. The summed E-state index contributed by atoms with van der Waals surface area (Å²) in [5, 5.41) is 91.4. The number of phenols is 2. The number of carbonyl (C=O) groups is 21. The van der Waals surface area contributed by atoms with Crippen molar-refractivity contribution in [1.29, 1.82) is 0 Å². The number of carboxylic acids is 2. The van der Waals surface area contributed by atoms with Gasteiger partial charge in [-0.3, -0.25) is 95.9 Å². The molecule has 0 saturated carbocycles. The molecule has 0 aromatic heterocycles. The third-order valence-corrected chi connectivity index (χ3v) is 27.9. The number of nitrogens with one attached hydrogen (secondary N) is 16. The minimum atomic E-state index is -1.98. The third-order valence-electron chi connectivity index (χ3n) is 20.6. The molecule has 4 saturated heterocycles. The third kappa shape index (κ3) is 35.6. The molecule has 0 spiro atoms. The van der Waals surface area contributed by atoms with Gasteiger partial charge in [0.15, 0.2) is 0 Å². The van der Waals surface area contributed by atoms with Crippen LogP contribution in [0, 0.1) is 5.92 Å². The SMILES string of the molecule is CC(C)C[C@@H]1NC(=O)[C@H](CCC(=O)O)NC(=O)[C@@H]2CSSC[C@@H]3NC(=O)[C@H](C)NC(=O)[C@@H]4CCCN4C(=O)[C@H](CC(N)=O)NC(=O)[C@H](CSSC[C@H](NC(=O)[C@H](Cc4ccc(O)cc4)NC(=O)[C@H](Cc4ccccc4)NC(=O)[C@@H](NC(=O)C(N)CC(N)=O)[C@@H](C)O)C(=O)N2)NC(=O)[C@H](CSSC[C@@H](C(=O)N[C@@H](Cc2ccc(O)cc2)C(=O)O)NC(=O)CNC(=O)[C@H](C)NC3=O)NC1=O. The Bertz CT molecular complexity index is 4730. The Balaban J connectivity index is 1.43.